The third-order valence-corrected chi connectivity index (χ3v) is 7.79. The number of hydrogen-bond donors (Lipinski definition) is 1. The van der Waals surface area contributed by atoms with Crippen LogP contribution in [0, 0.1) is 0 Å². The lowest BCUT2D eigenvalue weighted by atomic mass is 10.2. The molecule has 0 aliphatic heterocycles. The van der Waals surface area contributed by atoms with Gasteiger partial charge in [-0.1, -0.05) is 32.9 Å². The summed E-state index contributed by atoms with van der Waals surface area (Å²) >= 11 is 0. The first-order chi connectivity index (χ1) is 7.22. The molecule has 0 heterocycles. The van der Waals surface area contributed by atoms with E-state index in [4.69, 9.17) is 4.43 Å². The number of phenols is 1. The van der Waals surface area contributed by atoms with E-state index < -0.39 is 8.32 Å². The van der Waals surface area contributed by atoms with Crippen molar-refractivity contribution in [3.8, 4) is 5.75 Å². The number of benzene rings is 1. The molecule has 0 atom stereocenters. The summed E-state index contributed by atoms with van der Waals surface area (Å²) in [6, 6.07) is 7.26. The molecule has 0 unspecified atom stereocenters. The maximum absolute atomic E-state index is 9.36. The summed E-state index contributed by atoms with van der Waals surface area (Å²) in [5.74, 6) is 0.302. The second kappa shape index (κ2) is 4.59. The Morgan fingerprint density at radius 1 is 1.25 bits per heavy atom. The molecule has 2 nitrogen and oxygen atoms in total. The van der Waals surface area contributed by atoms with Gasteiger partial charge in [-0.3, -0.25) is 0 Å². The van der Waals surface area contributed by atoms with Crippen molar-refractivity contribution in [2.45, 2.75) is 45.5 Å². The number of hydrogen-bond acceptors (Lipinski definition) is 2. The molecule has 1 aromatic rings. The molecule has 0 radical (unpaired) electrons. The summed E-state index contributed by atoms with van der Waals surface area (Å²) < 4.78 is 6.06. The van der Waals surface area contributed by atoms with Gasteiger partial charge in [-0.25, -0.2) is 0 Å². The van der Waals surface area contributed by atoms with Crippen LogP contribution in [0.5, 0.6) is 5.75 Å². The van der Waals surface area contributed by atoms with E-state index in [2.05, 4.69) is 33.9 Å². The van der Waals surface area contributed by atoms with Gasteiger partial charge >= 0.3 is 0 Å². The molecule has 0 amide bonds. The van der Waals surface area contributed by atoms with E-state index in [1.54, 1.807) is 12.1 Å². The highest BCUT2D eigenvalue weighted by atomic mass is 28.4. The van der Waals surface area contributed by atoms with E-state index in [1.165, 1.54) is 0 Å². The molecule has 16 heavy (non-hydrogen) atoms. The minimum Gasteiger partial charge on any atom is -0.508 e. The summed E-state index contributed by atoms with van der Waals surface area (Å²) in [7, 11) is -1.69. The summed E-state index contributed by atoms with van der Waals surface area (Å²) in [6.45, 7) is 11.7. The topological polar surface area (TPSA) is 29.5 Å². The molecule has 0 bridgehead atoms. The van der Waals surface area contributed by atoms with Crippen molar-refractivity contribution in [3.63, 3.8) is 0 Å². The fraction of sp³-hybridized carbons (Fsp3) is 0.538. The van der Waals surface area contributed by atoms with Crippen LogP contribution in [0.15, 0.2) is 24.3 Å². The summed E-state index contributed by atoms with van der Waals surface area (Å²) in [6.07, 6.45) is 0. The molecular weight excluding hydrogens is 216 g/mol. The molecule has 1 aromatic carbocycles. The zero-order valence-corrected chi connectivity index (χ0v) is 11.9. The van der Waals surface area contributed by atoms with Crippen molar-refractivity contribution in [2.24, 2.45) is 0 Å². The van der Waals surface area contributed by atoms with Gasteiger partial charge in [0, 0.05) is 0 Å². The number of rotatable bonds is 3. The van der Waals surface area contributed by atoms with Gasteiger partial charge in [-0.15, -0.1) is 0 Å². The molecular formula is C13H22O2Si. The van der Waals surface area contributed by atoms with E-state index in [-0.39, 0.29) is 5.04 Å². The van der Waals surface area contributed by atoms with Gasteiger partial charge < -0.3 is 9.53 Å². The lowest BCUT2D eigenvalue weighted by Gasteiger charge is -2.36. The van der Waals surface area contributed by atoms with E-state index in [1.807, 2.05) is 12.1 Å². The maximum atomic E-state index is 9.36. The van der Waals surface area contributed by atoms with Gasteiger partial charge in [-0.2, -0.15) is 0 Å². The fourth-order valence-electron chi connectivity index (χ4n) is 1.13. The normalized spacial score (nSPS) is 12.8. The molecule has 0 saturated carbocycles. The van der Waals surface area contributed by atoms with Crippen molar-refractivity contribution in [1.82, 2.24) is 0 Å². The highest BCUT2D eigenvalue weighted by Gasteiger charge is 2.36. The Morgan fingerprint density at radius 3 is 2.38 bits per heavy atom. The van der Waals surface area contributed by atoms with Crippen LogP contribution in [-0.4, -0.2) is 13.4 Å². The first-order valence-corrected chi connectivity index (χ1v) is 8.55. The first kappa shape index (κ1) is 13.3. The smallest absolute Gasteiger partial charge is 0.192 e. The summed E-state index contributed by atoms with van der Waals surface area (Å²) in [4.78, 5) is 0. The third kappa shape index (κ3) is 3.35. The van der Waals surface area contributed by atoms with Crippen molar-refractivity contribution < 1.29 is 9.53 Å². The van der Waals surface area contributed by atoms with Crippen LogP contribution in [0.1, 0.15) is 26.3 Å². The quantitative estimate of drug-likeness (QED) is 0.809. The Balaban J connectivity index is 2.65. The van der Waals surface area contributed by atoms with Crippen molar-refractivity contribution in [1.29, 1.82) is 0 Å². The lowest BCUT2D eigenvalue weighted by molar-refractivity contribution is 0.276. The average molecular weight is 238 g/mol. The molecule has 3 heteroatoms. The van der Waals surface area contributed by atoms with Gasteiger partial charge in [0.05, 0.1) is 6.61 Å². The molecule has 1 rings (SSSR count). The molecule has 0 fully saturated rings. The zero-order valence-electron chi connectivity index (χ0n) is 10.9. The van der Waals surface area contributed by atoms with Crippen molar-refractivity contribution >= 4 is 8.32 Å². The Kier molecular flexibility index (Phi) is 3.81. The Hall–Kier alpha value is -0.803. The van der Waals surface area contributed by atoms with E-state index in [0.29, 0.717) is 12.4 Å². The molecule has 90 valence electrons. The van der Waals surface area contributed by atoms with E-state index in [9.17, 15) is 5.11 Å². The van der Waals surface area contributed by atoms with Gasteiger partial charge in [0.25, 0.3) is 0 Å². The second-order valence-corrected chi connectivity index (χ2v) is 10.5. The molecule has 0 aromatic heterocycles. The average Bonchev–Trinajstić information content (AvgIpc) is 2.13. The highest BCUT2D eigenvalue weighted by molar-refractivity contribution is 6.74. The molecule has 1 N–H and O–H groups in total. The standard InChI is InChI=1S/C13H22O2Si/c1-13(2,3)16(4,5)15-10-11-7-6-8-12(14)9-11/h6-9,14H,10H2,1-5H3. The Labute approximate surface area is 99.4 Å². The Bertz CT molecular complexity index is 353. The number of aromatic hydroxyl groups is 1. The van der Waals surface area contributed by atoms with Crippen molar-refractivity contribution in [3.05, 3.63) is 29.8 Å². The molecule has 0 spiro atoms. The van der Waals surface area contributed by atoms with Crippen LogP contribution in [0.2, 0.25) is 18.1 Å². The number of phenolic OH excluding ortho intramolecular Hbond substituents is 1. The molecule has 0 saturated heterocycles. The van der Waals surface area contributed by atoms with Gasteiger partial charge in [0.1, 0.15) is 5.75 Å². The second-order valence-electron chi connectivity index (χ2n) is 5.72. The third-order valence-electron chi connectivity index (χ3n) is 3.32. The van der Waals surface area contributed by atoms with Crippen LogP contribution in [0.25, 0.3) is 0 Å². The Morgan fingerprint density at radius 2 is 1.88 bits per heavy atom. The first-order valence-electron chi connectivity index (χ1n) is 5.64. The lowest BCUT2D eigenvalue weighted by Crippen LogP contribution is -2.40. The van der Waals surface area contributed by atoms with Gasteiger partial charge in [0.15, 0.2) is 8.32 Å². The van der Waals surface area contributed by atoms with Crippen LogP contribution < -0.4 is 0 Å². The zero-order chi connectivity index (χ0) is 12.4. The largest absolute Gasteiger partial charge is 0.508 e. The monoisotopic (exact) mass is 238 g/mol. The predicted molar refractivity (Wildman–Crippen MR) is 70.1 cm³/mol. The predicted octanol–water partition coefficient (Wildman–Crippen LogP) is 3.91. The summed E-state index contributed by atoms with van der Waals surface area (Å²) in [5, 5.41) is 9.58. The van der Waals surface area contributed by atoms with Gasteiger partial charge in [-0.05, 0) is 35.8 Å². The SMILES string of the molecule is CC(C)(C)[Si](C)(C)OCc1cccc(O)c1. The van der Waals surface area contributed by atoms with Crippen LogP contribution in [0.3, 0.4) is 0 Å². The highest BCUT2D eigenvalue weighted by Crippen LogP contribution is 2.37. The van der Waals surface area contributed by atoms with Crippen LogP contribution >= 0.6 is 0 Å². The maximum Gasteiger partial charge on any atom is 0.192 e. The van der Waals surface area contributed by atoms with Crippen molar-refractivity contribution in [2.75, 3.05) is 0 Å². The van der Waals surface area contributed by atoms with Crippen LogP contribution in [-0.2, 0) is 11.0 Å². The van der Waals surface area contributed by atoms with E-state index in [0.717, 1.165) is 5.56 Å². The fourth-order valence-corrected chi connectivity index (χ4v) is 2.09. The minimum atomic E-state index is -1.69. The summed E-state index contributed by atoms with van der Waals surface area (Å²) in [5.41, 5.74) is 1.03. The van der Waals surface area contributed by atoms with Gasteiger partial charge in [0.2, 0.25) is 0 Å². The molecule has 0 aliphatic rings. The van der Waals surface area contributed by atoms with E-state index >= 15 is 0 Å². The van der Waals surface area contributed by atoms with Crippen LogP contribution in [0.4, 0.5) is 0 Å². The molecule has 0 aliphatic carbocycles. The minimum absolute atomic E-state index is 0.226.